The van der Waals surface area contributed by atoms with Gasteiger partial charge in [-0.25, -0.2) is 9.97 Å². The van der Waals surface area contributed by atoms with Crippen LogP contribution in [0.2, 0.25) is 0 Å². The van der Waals surface area contributed by atoms with Gasteiger partial charge in [0.25, 0.3) is 0 Å². The van der Waals surface area contributed by atoms with Crippen LogP contribution in [0.15, 0.2) is 12.3 Å². The smallest absolute Gasteiger partial charge is 0.160 e. The molecule has 2 rings (SSSR count). The SMILES string of the molecule is CCOC1(c2nccc(CN)n2)CCCCC1. The van der Waals surface area contributed by atoms with E-state index in [1.807, 2.05) is 13.0 Å². The number of aromatic nitrogens is 2. The predicted molar refractivity (Wildman–Crippen MR) is 66.3 cm³/mol. The molecule has 0 radical (unpaired) electrons. The molecule has 4 nitrogen and oxygen atoms in total. The lowest BCUT2D eigenvalue weighted by atomic mass is 9.83. The molecule has 1 heterocycles. The largest absolute Gasteiger partial charge is 0.367 e. The van der Waals surface area contributed by atoms with E-state index in [0.29, 0.717) is 13.2 Å². The molecular formula is C13H21N3O. The van der Waals surface area contributed by atoms with Crippen LogP contribution in [0.4, 0.5) is 0 Å². The van der Waals surface area contributed by atoms with Crippen LogP contribution in [0, 0.1) is 0 Å². The summed E-state index contributed by atoms with van der Waals surface area (Å²) in [5.74, 6) is 0.821. The zero-order valence-electron chi connectivity index (χ0n) is 10.5. The Kier molecular flexibility index (Phi) is 4.07. The Hall–Kier alpha value is -1.00. The third-order valence-corrected chi connectivity index (χ3v) is 3.41. The number of hydrogen-bond donors (Lipinski definition) is 1. The summed E-state index contributed by atoms with van der Waals surface area (Å²) in [7, 11) is 0. The van der Waals surface area contributed by atoms with Gasteiger partial charge in [-0.1, -0.05) is 19.3 Å². The molecule has 0 aliphatic heterocycles. The summed E-state index contributed by atoms with van der Waals surface area (Å²) < 4.78 is 5.99. The number of nitrogens with two attached hydrogens (primary N) is 1. The maximum atomic E-state index is 5.99. The zero-order chi connectivity index (χ0) is 12.1. The minimum atomic E-state index is -0.266. The summed E-state index contributed by atoms with van der Waals surface area (Å²) in [6.07, 6.45) is 7.50. The quantitative estimate of drug-likeness (QED) is 0.868. The number of ether oxygens (including phenoxy) is 1. The second-order valence-corrected chi connectivity index (χ2v) is 4.56. The molecule has 1 aromatic heterocycles. The zero-order valence-corrected chi connectivity index (χ0v) is 10.5. The lowest BCUT2D eigenvalue weighted by Crippen LogP contribution is -2.34. The average Bonchev–Trinajstić information content (AvgIpc) is 2.40. The molecule has 0 amide bonds. The standard InChI is InChI=1S/C13H21N3O/c1-2-17-13(7-4-3-5-8-13)12-15-9-6-11(10-14)16-12/h6,9H,2-5,7-8,10,14H2,1H3. The monoisotopic (exact) mass is 235 g/mol. The molecule has 17 heavy (non-hydrogen) atoms. The van der Waals surface area contributed by atoms with Crippen molar-refractivity contribution in [2.45, 2.75) is 51.2 Å². The first kappa shape index (κ1) is 12.5. The first-order chi connectivity index (χ1) is 8.30. The highest BCUT2D eigenvalue weighted by Gasteiger charge is 2.37. The molecule has 2 N–H and O–H groups in total. The third kappa shape index (κ3) is 2.64. The molecule has 94 valence electrons. The Morgan fingerprint density at radius 3 is 2.76 bits per heavy atom. The van der Waals surface area contributed by atoms with E-state index in [-0.39, 0.29) is 5.60 Å². The molecule has 1 aromatic rings. The van der Waals surface area contributed by atoms with Crippen molar-refractivity contribution in [3.05, 3.63) is 23.8 Å². The van der Waals surface area contributed by atoms with Crippen molar-refractivity contribution in [3.63, 3.8) is 0 Å². The summed E-state index contributed by atoms with van der Waals surface area (Å²) in [6.45, 7) is 3.19. The van der Waals surface area contributed by atoms with Gasteiger partial charge in [0.1, 0.15) is 5.60 Å². The van der Waals surface area contributed by atoms with Crippen molar-refractivity contribution in [2.75, 3.05) is 6.61 Å². The van der Waals surface area contributed by atoms with E-state index in [1.165, 1.54) is 19.3 Å². The van der Waals surface area contributed by atoms with Crippen LogP contribution in [-0.4, -0.2) is 16.6 Å². The topological polar surface area (TPSA) is 61.0 Å². The van der Waals surface area contributed by atoms with Crippen LogP contribution in [-0.2, 0) is 16.9 Å². The van der Waals surface area contributed by atoms with Gasteiger partial charge < -0.3 is 10.5 Å². The fourth-order valence-corrected chi connectivity index (χ4v) is 2.56. The molecule has 1 aliphatic rings. The maximum absolute atomic E-state index is 5.99. The Labute approximate surface area is 103 Å². The molecular weight excluding hydrogens is 214 g/mol. The summed E-state index contributed by atoms with van der Waals surface area (Å²) in [5.41, 5.74) is 6.26. The van der Waals surface area contributed by atoms with Crippen LogP contribution in [0.3, 0.4) is 0 Å². The second-order valence-electron chi connectivity index (χ2n) is 4.56. The van der Waals surface area contributed by atoms with E-state index in [2.05, 4.69) is 9.97 Å². The molecule has 0 aromatic carbocycles. The van der Waals surface area contributed by atoms with E-state index in [0.717, 1.165) is 24.4 Å². The second kappa shape index (κ2) is 5.56. The Morgan fingerprint density at radius 1 is 1.35 bits per heavy atom. The van der Waals surface area contributed by atoms with Gasteiger partial charge in [-0.15, -0.1) is 0 Å². The molecule has 1 saturated carbocycles. The first-order valence-electron chi connectivity index (χ1n) is 6.47. The highest BCUT2D eigenvalue weighted by atomic mass is 16.5. The van der Waals surface area contributed by atoms with E-state index in [4.69, 9.17) is 10.5 Å². The minimum Gasteiger partial charge on any atom is -0.367 e. The molecule has 0 unspecified atom stereocenters. The Morgan fingerprint density at radius 2 is 2.12 bits per heavy atom. The van der Waals surface area contributed by atoms with Gasteiger partial charge in [-0.05, 0) is 25.8 Å². The van der Waals surface area contributed by atoms with Crippen LogP contribution in [0.1, 0.15) is 50.5 Å². The highest BCUT2D eigenvalue weighted by Crippen LogP contribution is 2.38. The third-order valence-electron chi connectivity index (χ3n) is 3.41. The maximum Gasteiger partial charge on any atom is 0.160 e. The average molecular weight is 235 g/mol. The Bertz CT molecular complexity index is 356. The fraction of sp³-hybridized carbons (Fsp3) is 0.692. The molecule has 0 saturated heterocycles. The van der Waals surface area contributed by atoms with Crippen molar-refractivity contribution in [2.24, 2.45) is 5.73 Å². The van der Waals surface area contributed by atoms with Gasteiger partial charge in [0, 0.05) is 19.3 Å². The van der Waals surface area contributed by atoms with Crippen molar-refractivity contribution in [1.82, 2.24) is 9.97 Å². The lowest BCUT2D eigenvalue weighted by Gasteiger charge is -2.35. The predicted octanol–water partition coefficient (Wildman–Crippen LogP) is 2.13. The molecule has 1 fully saturated rings. The van der Waals surface area contributed by atoms with E-state index in [1.54, 1.807) is 6.20 Å². The summed E-state index contributed by atoms with van der Waals surface area (Å²) in [6, 6.07) is 1.87. The number of hydrogen-bond acceptors (Lipinski definition) is 4. The van der Waals surface area contributed by atoms with Crippen molar-refractivity contribution in [3.8, 4) is 0 Å². The van der Waals surface area contributed by atoms with Gasteiger partial charge in [-0.3, -0.25) is 0 Å². The molecule has 1 aliphatic carbocycles. The van der Waals surface area contributed by atoms with E-state index in [9.17, 15) is 0 Å². The number of rotatable bonds is 4. The van der Waals surface area contributed by atoms with Gasteiger partial charge in [0.2, 0.25) is 0 Å². The summed E-state index contributed by atoms with van der Waals surface area (Å²) >= 11 is 0. The van der Waals surface area contributed by atoms with Gasteiger partial charge in [-0.2, -0.15) is 0 Å². The molecule has 0 bridgehead atoms. The number of nitrogens with zero attached hydrogens (tertiary/aromatic N) is 2. The highest BCUT2D eigenvalue weighted by molar-refractivity contribution is 5.09. The van der Waals surface area contributed by atoms with Crippen LogP contribution in [0.25, 0.3) is 0 Å². The van der Waals surface area contributed by atoms with Gasteiger partial charge >= 0.3 is 0 Å². The first-order valence-corrected chi connectivity index (χ1v) is 6.47. The van der Waals surface area contributed by atoms with Crippen LogP contribution in [0.5, 0.6) is 0 Å². The van der Waals surface area contributed by atoms with E-state index >= 15 is 0 Å². The van der Waals surface area contributed by atoms with Crippen molar-refractivity contribution in [1.29, 1.82) is 0 Å². The van der Waals surface area contributed by atoms with Crippen LogP contribution >= 0.6 is 0 Å². The van der Waals surface area contributed by atoms with Crippen molar-refractivity contribution < 1.29 is 4.74 Å². The van der Waals surface area contributed by atoms with E-state index < -0.39 is 0 Å². The lowest BCUT2D eigenvalue weighted by molar-refractivity contribution is -0.0768. The fourth-order valence-electron chi connectivity index (χ4n) is 2.56. The van der Waals surface area contributed by atoms with Gasteiger partial charge in [0.15, 0.2) is 5.82 Å². The van der Waals surface area contributed by atoms with Crippen LogP contribution < -0.4 is 5.73 Å². The summed E-state index contributed by atoms with van der Waals surface area (Å²) in [5, 5.41) is 0. The minimum absolute atomic E-state index is 0.266. The molecule has 0 atom stereocenters. The Balaban J connectivity index is 2.30. The molecule has 4 heteroatoms. The normalized spacial score (nSPS) is 19.2. The van der Waals surface area contributed by atoms with Gasteiger partial charge in [0.05, 0.1) is 5.69 Å². The molecule has 0 spiro atoms. The van der Waals surface area contributed by atoms with Crippen molar-refractivity contribution >= 4 is 0 Å². The summed E-state index contributed by atoms with van der Waals surface area (Å²) in [4.78, 5) is 8.95.